The molecular weight excluding hydrogens is 384 g/mol. The van der Waals surface area contributed by atoms with E-state index in [1.54, 1.807) is 18.5 Å². The van der Waals surface area contributed by atoms with Crippen molar-refractivity contribution in [1.82, 2.24) is 9.97 Å². The first-order valence-corrected chi connectivity index (χ1v) is 9.67. The van der Waals surface area contributed by atoms with E-state index < -0.39 is 4.92 Å². The standard InChI is InChI=1S/C21H22N6O3/c28-27(29)19-7-8-20(23-15-16-4-3-9-22-14-16)25-21(19)24-17-5-1-2-6-18(17)26-10-12-30-13-11-26/h1-9,14H,10-13,15H2,(H2,23,24,25). The Labute approximate surface area is 173 Å². The summed E-state index contributed by atoms with van der Waals surface area (Å²) in [4.78, 5) is 21.9. The predicted molar refractivity (Wildman–Crippen MR) is 115 cm³/mol. The van der Waals surface area contributed by atoms with Gasteiger partial charge in [-0.2, -0.15) is 0 Å². The van der Waals surface area contributed by atoms with Gasteiger partial charge in [-0.1, -0.05) is 18.2 Å². The molecule has 0 aliphatic carbocycles. The number of hydrogen-bond donors (Lipinski definition) is 2. The van der Waals surface area contributed by atoms with Crippen LogP contribution in [0.2, 0.25) is 0 Å². The maximum atomic E-state index is 11.6. The summed E-state index contributed by atoms with van der Waals surface area (Å²) in [5.74, 6) is 0.729. The highest BCUT2D eigenvalue weighted by Gasteiger charge is 2.20. The molecule has 0 amide bonds. The van der Waals surface area contributed by atoms with E-state index in [9.17, 15) is 10.1 Å². The van der Waals surface area contributed by atoms with Gasteiger partial charge >= 0.3 is 5.69 Å². The topological polar surface area (TPSA) is 105 Å². The Bertz CT molecular complexity index is 1010. The van der Waals surface area contributed by atoms with Gasteiger partial charge in [0, 0.05) is 38.1 Å². The van der Waals surface area contributed by atoms with Gasteiger partial charge in [-0.25, -0.2) is 4.98 Å². The van der Waals surface area contributed by atoms with Crippen LogP contribution in [0.25, 0.3) is 0 Å². The van der Waals surface area contributed by atoms with Crippen LogP contribution in [-0.2, 0) is 11.3 Å². The molecule has 4 rings (SSSR count). The summed E-state index contributed by atoms with van der Waals surface area (Å²) in [6.45, 7) is 3.35. The molecule has 30 heavy (non-hydrogen) atoms. The van der Waals surface area contributed by atoms with Gasteiger partial charge in [-0.05, 0) is 29.8 Å². The Morgan fingerprint density at radius 3 is 2.70 bits per heavy atom. The summed E-state index contributed by atoms with van der Waals surface area (Å²) in [5.41, 5.74) is 2.63. The van der Waals surface area contributed by atoms with Crippen molar-refractivity contribution >= 4 is 28.7 Å². The lowest BCUT2D eigenvalue weighted by Gasteiger charge is -2.30. The second kappa shape index (κ2) is 9.19. The first-order chi connectivity index (χ1) is 14.7. The zero-order chi connectivity index (χ0) is 20.8. The molecule has 1 aliphatic rings. The number of ether oxygens (including phenoxy) is 1. The highest BCUT2D eigenvalue weighted by molar-refractivity contribution is 5.77. The van der Waals surface area contributed by atoms with Crippen LogP contribution in [0.5, 0.6) is 0 Å². The Morgan fingerprint density at radius 1 is 1.10 bits per heavy atom. The molecule has 2 aromatic heterocycles. The molecule has 0 unspecified atom stereocenters. The van der Waals surface area contributed by atoms with Crippen molar-refractivity contribution in [2.45, 2.75) is 6.54 Å². The van der Waals surface area contributed by atoms with Gasteiger partial charge in [0.2, 0.25) is 5.82 Å². The van der Waals surface area contributed by atoms with E-state index in [0.29, 0.717) is 25.6 Å². The quantitative estimate of drug-likeness (QED) is 0.453. The van der Waals surface area contributed by atoms with Crippen LogP contribution >= 0.6 is 0 Å². The zero-order valence-corrected chi connectivity index (χ0v) is 16.3. The van der Waals surface area contributed by atoms with Gasteiger partial charge in [-0.3, -0.25) is 15.1 Å². The van der Waals surface area contributed by atoms with Crippen LogP contribution in [0.3, 0.4) is 0 Å². The third-order valence-corrected chi connectivity index (χ3v) is 4.78. The van der Waals surface area contributed by atoms with Gasteiger partial charge in [0.05, 0.1) is 29.5 Å². The minimum absolute atomic E-state index is 0.0845. The Balaban J connectivity index is 1.59. The number of morpholine rings is 1. The van der Waals surface area contributed by atoms with Crippen molar-refractivity contribution in [3.05, 3.63) is 76.6 Å². The predicted octanol–water partition coefficient (Wildman–Crippen LogP) is 3.58. The van der Waals surface area contributed by atoms with Crippen LogP contribution in [0.15, 0.2) is 60.9 Å². The van der Waals surface area contributed by atoms with Gasteiger partial charge in [-0.15, -0.1) is 0 Å². The molecule has 1 saturated heterocycles. The number of rotatable bonds is 7. The maximum absolute atomic E-state index is 11.6. The highest BCUT2D eigenvalue weighted by Crippen LogP contribution is 2.33. The normalized spacial score (nSPS) is 13.7. The molecule has 0 saturated carbocycles. The van der Waals surface area contributed by atoms with Crippen LogP contribution in [0.1, 0.15) is 5.56 Å². The van der Waals surface area contributed by atoms with Crippen molar-refractivity contribution in [2.75, 3.05) is 41.8 Å². The number of pyridine rings is 2. The molecule has 1 fully saturated rings. The van der Waals surface area contributed by atoms with E-state index in [2.05, 4.69) is 25.5 Å². The fraction of sp³-hybridized carbons (Fsp3) is 0.238. The molecule has 154 valence electrons. The third-order valence-electron chi connectivity index (χ3n) is 4.78. The van der Waals surface area contributed by atoms with E-state index in [1.807, 2.05) is 36.4 Å². The lowest BCUT2D eigenvalue weighted by Crippen LogP contribution is -2.36. The maximum Gasteiger partial charge on any atom is 0.311 e. The van der Waals surface area contributed by atoms with Crippen molar-refractivity contribution in [1.29, 1.82) is 0 Å². The zero-order valence-electron chi connectivity index (χ0n) is 16.3. The smallest absolute Gasteiger partial charge is 0.311 e. The van der Waals surface area contributed by atoms with Gasteiger partial charge in [0.25, 0.3) is 0 Å². The summed E-state index contributed by atoms with van der Waals surface area (Å²) in [6.07, 6.45) is 3.47. The average molecular weight is 406 g/mol. The van der Waals surface area contributed by atoms with Gasteiger partial charge in [0.15, 0.2) is 0 Å². The minimum Gasteiger partial charge on any atom is -0.378 e. The number of anilines is 4. The number of nitrogens with one attached hydrogen (secondary N) is 2. The molecule has 1 aliphatic heterocycles. The number of benzene rings is 1. The summed E-state index contributed by atoms with van der Waals surface area (Å²) >= 11 is 0. The molecule has 0 spiro atoms. The second-order valence-electron chi connectivity index (χ2n) is 6.78. The van der Waals surface area contributed by atoms with E-state index in [4.69, 9.17) is 4.74 Å². The molecule has 3 heterocycles. The number of nitro groups is 1. The van der Waals surface area contributed by atoms with Crippen molar-refractivity contribution in [3.8, 4) is 0 Å². The van der Waals surface area contributed by atoms with E-state index >= 15 is 0 Å². The van der Waals surface area contributed by atoms with Crippen molar-refractivity contribution in [2.24, 2.45) is 0 Å². The molecule has 0 atom stereocenters. The molecule has 9 nitrogen and oxygen atoms in total. The number of nitrogens with zero attached hydrogens (tertiary/aromatic N) is 4. The lowest BCUT2D eigenvalue weighted by atomic mass is 10.2. The fourth-order valence-corrected chi connectivity index (χ4v) is 3.27. The van der Waals surface area contributed by atoms with Crippen molar-refractivity contribution in [3.63, 3.8) is 0 Å². The SMILES string of the molecule is O=[N+]([O-])c1ccc(NCc2cccnc2)nc1Nc1ccccc1N1CCOCC1. The minimum atomic E-state index is -0.433. The number of para-hydroxylation sites is 2. The molecule has 9 heteroatoms. The first-order valence-electron chi connectivity index (χ1n) is 9.67. The van der Waals surface area contributed by atoms with Crippen LogP contribution in [0.4, 0.5) is 28.7 Å². The van der Waals surface area contributed by atoms with Crippen molar-refractivity contribution < 1.29 is 9.66 Å². The lowest BCUT2D eigenvalue weighted by molar-refractivity contribution is -0.384. The first kappa shape index (κ1) is 19.6. The molecule has 0 radical (unpaired) electrons. The van der Waals surface area contributed by atoms with Crippen LogP contribution in [-0.4, -0.2) is 41.2 Å². The largest absolute Gasteiger partial charge is 0.378 e. The fourth-order valence-electron chi connectivity index (χ4n) is 3.27. The molecular formula is C21H22N6O3. The van der Waals surface area contributed by atoms with Crippen LogP contribution in [0, 0.1) is 10.1 Å². The van der Waals surface area contributed by atoms with E-state index in [-0.39, 0.29) is 11.5 Å². The Kier molecular flexibility index (Phi) is 6.00. The van der Waals surface area contributed by atoms with E-state index in [1.165, 1.54) is 6.07 Å². The number of hydrogen-bond acceptors (Lipinski definition) is 8. The van der Waals surface area contributed by atoms with Gasteiger partial charge < -0.3 is 20.3 Å². The Hall–Kier alpha value is -3.72. The molecule has 1 aromatic carbocycles. The highest BCUT2D eigenvalue weighted by atomic mass is 16.6. The van der Waals surface area contributed by atoms with Crippen LogP contribution < -0.4 is 15.5 Å². The number of aromatic nitrogens is 2. The summed E-state index contributed by atoms with van der Waals surface area (Å²) < 4.78 is 5.43. The average Bonchev–Trinajstić information content (AvgIpc) is 2.79. The molecule has 3 aromatic rings. The Morgan fingerprint density at radius 2 is 1.93 bits per heavy atom. The monoisotopic (exact) mass is 406 g/mol. The summed E-state index contributed by atoms with van der Waals surface area (Å²) in [6, 6.07) is 14.6. The molecule has 2 N–H and O–H groups in total. The van der Waals surface area contributed by atoms with Gasteiger partial charge in [0.1, 0.15) is 5.82 Å². The van der Waals surface area contributed by atoms with E-state index in [0.717, 1.165) is 30.0 Å². The second-order valence-corrected chi connectivity index (χ2v) is 6.78. The third kappa shape index (κ3) is 4.64. The molecule has 0 bridgehead atoms. The summed E-state index contributed by atoms with van der Waals surface area (Å²) in [7, 11) is 0. The summed E-state index contributed by atoms with van der Waals surface area (Å²) in [5, 5.41) is 17.9.